The Morgan fingerprint density at radius 1 is 0.944 bits per heavy atom. The molecule has 0 fully saturated rings. The van der Waals surface area contributed by atoms with Gasteiger partial charge in [-0.2, -0.15) is 0 Å². The predicted octanol–water partition coefficient (Wildman–Crippen LogP) is 8.31. The molecule has 0 bridgehead atoms. The summed E-state index contributed by atoms with van der Waals surface area (Å²) in [5, 5.41) is 6.12. The lowest BCUT2D eigenvalue weighted by atomic mass is 9.96. The van der Waals surface area contributed by atoms with Crippen molar-refractivity contribution >= 4 is 38.9 Å². The van der Waals surface area contributed by atoms with Crippen molar-refractivity contribution < 1.29 is 13.9 Å². The molecule has 4 heteroatoms. The van der Waals surface area contributed by atoms with Crippen LogP contribution in [0.15, 0.2) is 89.6 Å². The molecule has 5 aromatic rings. The van der Waals surface area contributed by atoms with Crippen LogP contribution >= 0.6 is 0 Å². The number of furan rings is 1. The van der Waals surface area contributed by atoms with Crippen LogP contribution in [0.5, 0.6) is 5.75 Å². The van der Waals surface area contributed by atoms with Crippen LogP contribution in [-0.4, -0.2) is 12.5 Å². The van der Waals surface area contributed by atoms with Crippen LogP contribution in [0.2, 0.25) is 0 Å². The number of anilines is 1. The molecule has 0 atom stereocenters. The highest BCUT2D eigenvalue weighted by Crippen LogP contribution is 2.38. The smallest absolute Gasteiger partial charge is 0.248 e. The van der Waals surface area contributed by atoms with Gasteiger partial charge >= 0.3 is 0 Å². The van der Waals surface area contributed by atoms with Crippen LogP contribution in [0.25, 0.3) is 38.4 Å². The zero-order valence-corrected chi connectivity index (χ0v) is 21.0. The molecular weight excluding hydrogens is 446 g/mol. The first-order valence-corrected chi connectivity index (χ1v) is 12.2. The van der Waals surface area contributed by atoms with Crippen molar-refractivity contribution in [2.45, 2.75) is 27.7 Å². The second-order valence-corrected chi connectivity index (χ2v) is 9.09. The normalized spacial score (nSPS) is 11.7. The van der Waals surface area contributed by atoms with Crippen LogP contribution in [0.4, 0.5) is 5.69 Å². The number of fused-ring (bicyclic) bond motifs is 2. The Bertz CT molecular complexity index is 1620. The Labute approximate surface area is 211 Å². The first-order valence-electron chi connectivity index (χ1n) is 12.2. The fourth-order valence-electron chi connectivity index (χ4n) is 4.74. The molecule has 0 aliphatic heterocycles. The van der Waals surface area contributed by atoms with Gasteiger partial charge in [-0.3, -0.25) is 4.79 Å². The van der Waals surface area contributed by atoms with Crippen molar-refractivity contribution in [3.05, 3.63) is 102 Å². The fraction of sp³-hybridized carbons (Fsp3) is 0.156. The number of hydrogen-bond acceptors (Lipinski definition) is 3. The van der Waals surface area contributed by atoms with Crippen molar-refractivity contribution in [1.82, 2.24) is 0 Å². The van der Waals surface area contributed by atoms with Gasteiger partial charge in [0.25, 0.3) is 0 Å². The summed E-state index contributed by atoms with van der Waals surface area (Å²) in [7, 11) is 0. The molecule has 180 valence electrons. The lowest BCUT2D eigenvalue weighted by Gasteiger charge is -2.12. The average Bonchev–Trinajstić information content (AvgIpc) is 3.26. The first kappa shape index (κ1) is 23.4. The van der Waals surface area contributed by atoms with Crippen LogP contribution < -0.4 is 10.1 Å². The number of hydrogen-bond donors (Lipinski definition) is 1. The van der Waals surface area contributed by atoms with Crippen molar-refractivity contribution in [2.24, 2.45) is 0 Å². The number of carbonyl (C=O) groups excluding carboxylic acids is 1. The van der Waals surface area contributed by atoms with E-state index in [1.54, 1.807) is 12.3 Å². The highest BCUT2D eigenvalue weighted by molar-refractivity contribution is 6.09. The first-order chi connectivity index (χ1) is 17.4. The molecule has 4 aromatic carbocycles. The van der Waals surface area contributed by atoms with Crippen molar-refractivity contribution in [1.29, 1.82) is 0 Å². The quantitative estimate of drug-likeness (QED) is 0.251. The molecule has 0 unspecified atom stereocenters. The molecular formula is C32H29NO3. The van der Waals surface area contributed by atoms with Gasteiger partial charge in [0.1, 0.15) is 11.3 Å². The Kier molecular flexibility index (Phi) is 6.34. The van der Waals surface area contributed by atoms with Crippen molar-refractivity contribution in [3.8, 4) is 16.9 Å². The van der Waals surface area contributed by atoms with Gasteiger partial charge in [0.15, 0.2) is 0 Å². The third kappa shape index (κ3) is 4.50. The third-order valence-electron chi connectivity index (χ3n) is 6.47. The molecule has 1 aromatic heterocycles. The van der Waals surface area contributed by atoms with E-state index >= 15 is 0 Å². The molecule has 0 saturated heterocycles. The maximum Gasteiger partial charge on any atom is 0.248 e. The number of carbonyl (C=O) groups is 1. The van der Waals surface area contributed by atoms with E-state index in [1.165, 1.54) is 11.1 Å². The molecule has 0 spiro atoms. The number of benzene rings is 4. The number of allylic oxidation sites excluding steroid dienone is 1. The van der Waals surface area contributed by atoms with Crippen LogP contribution in [0.1, 0.15) is 30.5 Å². The Hall–Kier alpha value is -4.31. The van der Waals surface area contributed by atoms with E-state index in [0.29, 0.717) is 12.4 Å². The summed E-state index contributed by atoms with van der Waals surface area (Å²) in [4.78, 5) is 13.0. The molecule has 1 amide bonds. The van der Waals surface area contributed by atoms with Gasteiger partial charge in [0.05, 0.1) is 12.9 Å². The van der Waals surface area contributed by atoms with E-state index in [1.807, 2.05) is 62.4 Å². The molecule has 0 aliphatic carbocycles. The highest BCUT2D eigenvalue weighted by Gasteiger charge is 2.16. The van der Waals surface area contributed by atoms with E-state index in [9.17, 15) is 4.79 Å². The topological polar surface area (TPSA) is 51.5 Å². The van der Waals surface area contributed by atoms with Crippen molar-refractivity contribution in [3.63, 3.8) is 0 Å². The van der Waals surface area contributed by atoms with Gasteiger partial charge < -0.3 is 14.5 Å². The number of rotatable bonds is 6. The molecule has 4 nitrogen and oxygen atoms in total. The zero-order chi connectivity index (χ0) is 25.2. The molecule has 0 aliphatic rings. The summed E-state index contributed by atoms with van der Waals surface area (Å²) < 4.78 is 11.9. The lowest BCUT2D eigenvalue weighted by Crippen LogP contribution is -2.09. The monoisotopic (exact) mass is 475 g/mol. The van der Waals surface area contributed by atoms with Gasteiger partial charge in [-0.15, -0.1) is 0 Å². The summed E-state index contributed by atoms with van der Waals surface area (Å²) in [6, 6.07) is 24.3. The number of ether oxygens (including phenoxy) is 1. The highest BCUT2D eigenvalue weighted by atomic mass is 16.5. The maximum absolute atomic E-state index is 13.0. The fourth-order valence-corrected chi connectivity index (χ4v) is 4.74. The molecule has 0 saturated carbocycles. The molecule has 1 heterocycles. The minimum atomic E-state index is -0.187. The molecule has 0 radical (unpaired) electrons. The molecule has 36 heavy (non-hydrogen) atoms. The standard InChI is InChI=1S/C32H29NO3/c1-5-35-30-18-31-27(28(19-36-31)24-14-13-20(2)15-21(24)3)17-26(30)22(4)16-32(34)33-29-12-8-10-23-9-6-7-11-25(23)29/h6-19H,5H2,1-4H3,(H,33,34)/b22-16+. The Morgan fingerprint density at radius 3 is 2.56 bits per heavy atom. The lowest BCUT2D eigenvalue weighted by molar-refractivity contribution is -0.111. The molecule has 5 rings (SSSR count). The maximum atomic E-state index is 13.0. The zero-order valence-electron chi connectivity index (χ0n) is 21.0. The van der Waals surface area contributed by atoms with E-state index in [4.69, 9.17) is 9.15 Å². The predicted molar refractivity (Wildman–Crippen MR) is 149 cm³/mol. The Balaban J connectivity index is 1.54. The molecule has 1 N–H and O–H groups in total. The number of nitrogens with one attached hydrogen (secondary N) is 1. The minimum Gasteiger partial charge on any atom is -0.493 e. The number of amides is 1. The van der Waals surface area contributed by atoms with E-state index in [0.717, 1.165) is 49.7 Å². The summed E-state index contributed by atoms with van der Waals surface area (Å²) in [5.74, 6) is 0.506. The Morgan fingerprint density at radius 2 is 1.75 bits per heavy atom. The average molecular weight is 476 g/mol. The number of aryl methyl sites for hydroxylation is 2. The van der Waals surface area contributed by atoms with Crippen molar-refractivity contribution in [2.75, 3.05) is 11.9 Å². The van der Waals surface area contributed by atoms with E-state index < -0.39 is 0 Å². The van der Waals surface area contributed by atoms with Gasteiger partial charge in [-0.1, -0.05) is 60.2 Å². The van der Waals surface area contributed by atoms with Gasteiger partial charge in [-0.25, -0.2) is 0 Å². The van der Waals surface area contributed by atoms with Crippen LogP contribution in [0.3, 0.4) is 0 Å². The van der Waals surface area contributed by atoms with E-state index in [2.05, 4.69) is 43.4 Å². The van der Waals surface area contributed by atoms with Gasteiger partial charge in [0.2, 0.25) is 5.91 Å². The second-order valence-electron chi connectivity index (χ2n) is 9.09. The third-order valence-corrected chi connectivity index (χ3v) is 6.47. The van der Waals surface area contributed by atoms with E-state index in [-0.39, 0.29) is 5.91 Å². The second kappa shape index (κ2) is 9.74. The SMILES string of the molecule is CCOc1cc2occ(-c3ccc(C)cc3C)c2cc1/C(C)=C/C(=O)Nc1cccc2ccccc12. The van der Waals surface area contributed by atoms with Crippen LogP contribution in [-0.2, 0) is 4.79 Å². The summed E-state index contributed by atoms with van der Waals surface area (Å²) in [5.41, 5.74) is 7.79. The summed E-state index contributed by atoms with van der Waals surface area (Å²) in [6.07, 6.45) is 3.43. The summed E-state index contributed by atoms with van der Waals surface area (Å²) in [6.45, 7) is 8.60. The minimum absolute atomic E-state index is 0.187. The van der Waals surface area contributed by atoms with Gasteiger partial charge in [-0.05, 0) is 61.9 Å². The van der Waals surface area contributed by atoms with Gasteiger partial charge in [0, 0.05) is 39.7 Å². The van der Waals surface area contributed by atoms with Crippen LogP contribution in [0, 0.1) is 13.8 Å². The summed E-state index contributed by atoms with van der Waals surface area (Å²) >= 11 is 0. The largest absolute Gasteiger partial charge is 0.493 e.